The fourth-order valence-corrected chi connectivity index (χ4v) is 9.87. The van der Waals surface area contributed by atoms with Crippen molar-refractivity contribution in [2.24, 2.45) is 0 Å². The van der Waals surface area contributed by atoms with Crippen molar-refractivity contribution >= 4 is 17.9 Å². The lowest BCUT2D eigenvalue weighted by molar-refractivity contribution is -0.166. The van der Waals surface area contributed by atoms with Crippen molar-refractivity contribution in [1.82, 2.24) is 0 Å². The van der Waals surface area contributed by atoms with Gasteiger partial charge >= 0.3 is 17.9 Å². The Morgan fingerprint density at radius 1 is 0.259 bits per heavy atom. The van der Waals surface area contributed by atoms with E-state index in [9.17, 15) is 14.4 Å². The fraction of sp³-hybridized carbons (Fsp3) is 0.747. The van der Waals surface area contributed by atoms with Crippen molar-refractivity contribution < 1.29 is 28.6 Å². The van der Waals surface area contributed by atoms with E-state index in [0.29, 0.717) is 19.3 Å². The van der Waals surface area contributed by atoms with Crippen LogP contribution in [0.3, 0.4) is 0 Å². The first-order valence-electron chi connectivity index (χ1n) is 34.7. The molecule has 0 aromatic rings. The number of esters is 3. The predicted molar refractivity (Wildman–Crippen MR) is 353 cm³/mol. The van der Waals surface area contributed by atoms with Crippen LogP contribution >= 0.6 is 0 Å². The molecule has 81 heavy (non-hydrogen) atoms. The van der Waals surface area contributed by atoms with Crippen molar-refractivity contribution in [2.75, 3.05) is 13.2 Å². The number of unbranched alkanes of at least 4 members (excludes halogenated alkanes) is 36. The van der Waals surface area contributed by atoms with Crippen molar-refractivity contribution in [3.05, 3.63) is 97.2 Å². The lowest BCUT2D eigenvalue weighted by atomic mass is 10.0. The minimum atomic E-state index is -0.822. The summed E-state index contributed by atoms with van der Waals surface area (Å²) >= 11 is 0. The highest BCUT2D eigenvalue weighted by Crippen LogP contribution is 2.17. The zero-order chi connectivity index (χ0) is 58.5. The van der Waals surface area contributed by atoms with E-state index >= 15 is 0 Å². The van der Waals surface area contributed by atoms with Crippen molar-refractivity contribution in [1.29, 1.82) is 0 Å². The molecule has 1 unspecified atom stereocenters. The summed E-state index contributed by atoms with van der Waals surface area (Å²) in [7, 11) is 0. The number of carbonyl (C=O) groups is 3. The molecule has 1 atom stereocenters. The minimum Gasteiger partial charge on any atom is -0.462 e. The lowest BCUT2D eigenvalue weighted by Crippen LogP contribution is -2.30. The standard InChI is InChI=1S/C75H130O6/c1-4-7-10-13-16-19-22-25-27-29-31-32-33-34-35-36-37-38-39-40-41-42-44-45-47-50-53-56-59-62-65-68-74(77)80-71-72(70-79-73(76)67-64-61-58-55-52-49-24-21-18-15-12-9-6-3)81-75(78)69-66-63-60-57-54-51-48-46-43-30-28-26-23-20-17-14-11-8-5-2/h8,11,17,20-21,24,26,28-29,31,43,46,51,54,60,63,72H,4-7,9-10,12-16,18-19,22-23,25,27,30,32-42,44-45,47-50,52-53,55-59,61-62,64-71H2,1-3H3/b11-8-,20-17-,24-21-,28-26-,31-29-,46-43-,54-51-,63-60-. The molecule has 0 rings (SSSR count). The van der Waals surface area contributed by atoms with Gasteiger partial charge in [0.1, 0.15) is 13.2 Å². The second-order valence-electron chi connectivity index (χ2n) is 23.1. The van der Waals surface area contributed by atoms with E-state index in [-0.39, 0.29) is 31.6 Å². The van der Waals surface area contributed by atoms with Crippen LogP contribution in [-0.2, 0) is 28.6 Å². The van der Waals surface area contributed by atoms with Crippen LogP contribution in [0, 0.1) is 0 Å². The summed E-state index contributed by atoms with van der Waals surface area (Å²) in [6, 6.07) is 0. The first-order valence-corrected chi connectivity index (χ1v) is 34.7. The zero-order valence-corrected chi connectivity index (χ0v) is 53.5. The first-order chi connectivity index (χ1) is 40.0. The van der Waals surface area contributed by atoms with Crippen molar-refractivity contribution in [3.63, 3.8) is 0 Å². The Balaban J connectivity index is 4.26. The van der Waals surface area contributed by atoms with Gasteiger partial charge in [-0.25, -0.2) is 0 Å². The van der Waals surface area contributed by atoms with Crippen LogP contribution in [-0.4, -0.2) is 37.2 Å². The molecule has 0 N–H and O–H groups in total. The Morgan fingerprint density at radius 2 is 0.506 bits per heavy atom. The smallest absolute Gasteiger partial charge is 0.306 e. The van der Waals surface area contributed by atoms with E-state index in [4.69, 9.17) is 14.2 Å². The Kier molecular flexibility index (Phi) is 65.7. The van der Waals surface area contributed by atoms with Gasteiger partial charge < -0.3 is 14.2 Å². The quantitative estimate of drug-likeness (QED) is 0.0261. The average molecular weight is 1130 g/mol. The molecular weight excluding hydrogens is 997 g/mol. The van der Waals surface area contributed by atoms with Crippen LogP contribution in [0.5, 0.6) is 0 Å². The van der Waals surface area contributed by atoms with Crippen LogP contribution in [0.15, 0.2) is 97.2 Å². The minimum absolute atomic E-state index is 0.108. The number of carbonyl (C=O) groups excluding carboxylic acids is 3. The number of ether oxygens (including phenoxy) is 3. The molecule has 0 aromatic carbocycles. The number of hydrogen-bond acceptors (Lipinski definition) is 6. The third-order valence-corrected chi connectivity index (χ3v) is 15.1. The van der Waals surface area contributed by atoms with Crippen LogP contribution < -0.4 is 0 Å². The lowest BCUT2D eigenvalue weighted by Gasteiger charge is -2.18. The highest BCUT2D eigenvalue weighted by molar-refractivity contribution is 5.71. The number of allylic oxidation sites excluding steroid dienone is 16. The molecule has 0 fully saturated rings. The highest BCUT2D eigenvalue weighted by atomic mass is 16.6. The van der Waals surface area contributed by atoms with E-state index < -0.39 is 12.1 Å². The van der Waals surface area contributed by atoms with Crippen molar-refractivity contribution in [3.8, 4) is 0 Å². The van der Waals surface area contributed by atoms with Gasteiger partial charge in [-0.05, 0) is 109 Å². The summed E-state index contributed by atoms with van der Waals surface area (Å²) in [5.74, 6) is -0.990. The Morgan fingerprint density at radius 3 is 0.815 bits per heavy atom. The summed E-state index contributed by atoms with van der Waals surface area (Å²) in [5, 5.41) is 0. The monoisotopic (exact) mass is 1130 g/mol. The fourth-order valence-electron chi connectivity index (χ4n) is 9.87. The van der Waals surface area contributed by atoms with E-state index in [1.165, 1.54) is 205 Å². The number of rotatable bonds is 63. The van der Waals surface area contributed by atoms with Gasteiger partial charge in [-0.1, -0.05) is 311 Å². The molecule has 0 bridgehead atoms. The van der Waals surface area contributed by atoms with E-state index in [2.05, 4.69) is 112 Å². The van der Waals surface area contributed by atoms with Crippen LogP contribution in [0.2, 0.25) is 0 Å². The summed E-state index contributed by atoms with van der Waals surface area (Å²) in [4.78, 5) is 38.3. The maximum Gasteiger partial charge on any atom is 0.306 e. The second kappa shape index (κ2) is 68.8. The highest BCUT2D eigenvalue weighted by Gasteiger charge is 2.19. The molecule has 0 saturated heterocycles. The largest absolute Gasteiger partial charge is 0.462 e. The van der Waals surface area contributed by atoms with Crippen LogP contribution in [0.1, 0.15) is 342 Å². The maximum atomic E-state index is 12.9. The SMILES string of the molecule is CC/C=C\C/C=C\C/C=C\C/C=C\C/C=C\C/C=C\CCC(=O)OC(COC(=O)CCCCCCC/C=C\CCCCCC)COC(=O)CCCCCCCCCCCCCCCCCCCCC/C=C\CCCCCCCCCC. The molecular formula is C75H130O6. The van der Waals surface area contributed by atoms with Gasteiger partial charge in [-0.3, -0.25) is 14.4 Å². The molecule has 0 heterocycles. The third-order valence-electron chi connectivity index (χ3n) is 15.1. The molecule has 466 valence electrons. The molecule has 0 radical (unpaired) electrons. The second-order valence-corrected chi connectivity index (χ2v) is 23.1. The van der Waals surface area contributed by atoms with Crippen molar-refractivity contribution in [2.45, 2.75) is 348 Å². The van der Waals surface area contributed by atoms with Gasteiger partial charge in [0.05, 0.1) is 0 Å². The van der Waals surface area contributed by atoms with Gasteiger partial charge in [-0.2, -0.15) is 0 Å². The predicted octanol–water partition coefficient (Wildman–Crippen LogP) is 24.0. The van der Waals surface area contributed by atoms with Gasteiger partial charge in [0, 0.05) is 19.3 Å². The van der Waals surface area contributed by atoms with Crippen LogP contribution in [0.4, 0.5) is 0 Å². The maximum absolute atomic E-state index is 12.9. The Hall–Kier alpha value is -3.67. The molecule has 0 saturated carbocycles. The van der Waals surface area contributed by atoms with E-state index in [1.807, 2.05) is 6.08 Å². The van der Waals surface area contributed by atoms with Gasteiger partial charge in [0.15, 0.2) is 6.10 Å². The molecule has 0 aliphatic carbocycles. The molecule has 0 aromatic heterocycles. The molecule has 0 aliphatic heterocycles. The number of hydrogen-bond donors (Lipinski definition) is 0. The van der Waals surface area contributed by atoms with E-state index in [1.54, 1.807) is 0 Å². The van der Waals surface area contributed by atoms with Gasteiger partial charge in [-0.15, -0.1) is 0 Å². The first kappa shape index (κ1) is 77.3. The van der Waals surface area contributed by atoms with Gasteiger partial charge in [0.2, 0.25) is 0 Å². The Bertz CT molecular complexity index is 1580. The van der Waals surface area contributed by atoms with Gasteiger partial charge in [0.25, 0.3) is 0 Å². The topological polar surface area (TPSA) is 78.9 Å². The third kappa shape index (κ3) is 67.0. The van der Waals surface area contributed by atoms with Crippen LogP contribution in [0.25, 0.3) is 0 Å². The molecule has 0 amide bonds. The molecule has 0 spiro atoms. The summed E-state index contributed by atoms with van der Waals surface area (Å²) in [5.41, 5.74) is 0. The Labute approximate surface area is 502 Å². The summed E-state index contributed by atoms with van der Waals surface area (Å²) in [6.45, 7) is 6.48. The normalized spacial score (nSPS) is 12.7. The molecule has 0 aliphatic rings. The molecule has 6 nitrogen and oxygen atoms in total. The van der Waals surface area contributed by atoms with E-state index in [0.717, 1.165) is 89.9 Å². The molecule has 6 heteroatoms. The summed E-state index contributed by atoms with van der Waals surface area (Å²) < 4.78 is 16.9. The summed E-state index contributed by atoms with van der Waals surface area (Å²) in [6.07, 6.45) is 93.2. The zero-order valence-electron chi connectivity index (χ0n) is 53.5. The average Bonchev–Trinajstić information content (AvgIpc) is 3.46.